The van der Waals surface area contributed by atoms with Gasteiger partial charge < -0.3 is 4.74 Å². The largest absolute Gasteiger partial charge is 0.423 e. The van der Waals surface area contributed by atoms with Crippen molar-refractivity contribution in [1.29, 1.82) is 5.26 Å². The van der Waals surface area contributed by atoms with Gasteiger partial charge in [0.25, 0.3) is 6.26 Å². The van der Waals surface area contributed by atoms with E-state index in [0.717, 1.165) is 33.4 Å². The number of nitrogens with one attached hydrogen (secondary N) is 1. The summed E-state index contributed by atoms with van der Waals surface area (Å²) in [7, 11) is 1.69. The lowest BCUT2D eigenvalue weighted by Gasteiger charge is -2.40. The van der Waals surface area contributed by atoms with E-state index < -0.39 is 0 Å². The SMILES string of the molecule is CN1C(=O)N(Cc2cccc(CN=C3NC(=O)N3Cc3cccc(CN=C=O)c3)c2)C1=NCc1cccc(COC#N)c1. The molecule has 3 aromatic carbocycles. The minimum absolute atomic E-state index is 0.143. The Balaban J connectivity index is 1.21. The second kappa shape index (κ2) is 13.2. The number of amides is 4. The van der Waals surface area contributed by atoms with Crippen LogP contribution in [0.15, 0.2) is 87.8 Å². The van der Waals surface area contributed by atoms with Crippen molar-refractivity contribution in [1.82, 2.24) is 20.0 Å². The minimum Gasteiger partial charge on any atom is -0.423 e. The molecule has 5 rings (SSSR count). The van der Waals surface area contributed by atoms with Crippen molar-refractivity contribution in [3.63, 3.8) is 0 Å². The summed E-state index contributed by atoms with van der Waals surface area (Å²) in [5, 5.41) is 11.4. The monoisotopic (exact) mass is 576 g/mol. The molecule has 0 spiro atoms. The Morgan fingerprint density at radius 1 is 0.791 bits per heavy atom. The van der Waals surface area contributed by atoms with Crippen LogP contribution in [0.25, 0.3) is 0 Å². The number of carbonyl (C=O) groups excluding carboxylic acids is 3. The van der Waals surface area contributed by atoms with Crippen molar-refractivity contribution < 1.29 is 19.1 Å². The fourth-order valence-electron chi connectivity index (χ4n) is 4.77. The Bertz CT molecular complexity index is 1690. The van der Waals surface area contributed by atoms with Crippen molar-refractivity contribution in [2.75, 3.05) is 7.05 Å². The van der Waals surface area contributed by atoms with Crippen molar-refractivity contribution in [2.45, 2.75) is 39.3 Å². The van der Waals surface area contributed by atoms with Gasteiger partial charge in [-0.05, 0) is 33.4 Å². The first-order valence-electron chi connectivity index (χ1n) is 13.5. The Kier molecular flexibility index (Phi) is 8.85. The number of nitriles is 1. The first-order valence-corrected chi connectivity index (χ1v) is 13.5. The molecule has 0 bridgehead atoms. The van der Waals surface area contributed by atoms with Gasteiger partial charge in [-0.2, -0.15) is 5.26 Å². The van der Waals surface area contributed by atoms with Crippen LogP contribution in [0.2, 0.25) is 0 Å². The molecule has 216 valence electrons. The Morgan fingerprint density at radius 3 is 1.98 bits per heavy atom. The van der Waals surface area contributed by atoms with E-state index in [4.69, 9.17) is 10.00 Å². The highest BCUT2D eigenvalue weighted by Gasteiger charge is 2.38. The van der Waals surface area contributed by atoms with E-state index in [0.29, 0.717) is 38.1 Å². The highest BCUT2D eigenvalue weighted by molar-refractivity contribution is 6.14. The average Bonchev–Trinajstić information content (AvgIpc) is 3.03. The summed E-state index contributed by atoms with van der Waals surface area (Å²) in [4.78, 5) is 52.8. The molecule has 0 aromatic heterocycles. The zero-order chi connectivity index (χ0) is 30.2. The first-order chi connectivity index (χ1) is 20.9. The van der Waals surface area contributed by atoms with Gasteiger partial charge >= 0.3 is 12.1 Å². The van der Waals surface area contributed by atoms with Crippen LogP contribution in [-0.2, 0) is 48.9 Å². The molecule has 0 saturated carbocycles. The number of hydrogen-bond donors (Lipinski definition) is 1. The Morgan fingerprint density at radius 2 is 1.35 bits per heavy atom. The van der Waals surface area contributed by atoms with E-state index in [1.807, 2.05) is 72.8 Å². The topological polar surface area (TPSA) is 143 Å². The van der Waals surface area contributed by atoms with E-state index in [1.165, 1.54) is 11.0 Å². The summed E-state index contributed by atoms with van der Waals surface area (Å²) in [6, 6.07) is 22.5. The number of rotatable bonds is 12. The van der Waals surface area contributed by atoms with Gasteiger partial charge in [0, 0.05) is 7.05 Å². The number of guanidine groups is 2. The second-order valence-electron chi connectivity index (χ2n) is 9.95. The highest BCUT2D eigenvalue weighted by Crippen LogP contribution is 2.21. The van der Waals surface area contributed by atoms with E-state index in [1.54, 1.807) is 23.1 Å². The molecule has 2 saturated heterocycles. The van der Waals surface area contributed by atoms with Crippen LogP contribution in [0.5, 0.6) is 0 Å². The number of hydrogen-bond acceptors (Lipinski definition) is 8. The van der Waals surface area contributed by atoms with Crippen molar-refractivity contribution in [3.05, 3.63) is 106 Å². The summed E-state index contributed by atoms with van der Waals surface area (Å²) in [5.41, 5.74) is 5.41. The maximum atomic E-state index is 12.6. The minimum atomic E-state index is -0.238. The van der Waals surface area contributed by atoms with Gasteiger partial charge in [-0.25, -0.2) is 29.4 Å². The molecule has 0 aliphatic carbocycles. The third-order valence-electron chi connectivity index (χ3n) is 6.88. The lowest BCUT2D eigenvalue weighted by molar-refractivity contribution is 0.170. The summed E-state index contributed by atoms with van der Waals surface area (Å²) < 4.78 is 4.81. The quantitative estimate of drug-likeness (QED) is 0.197. The maximum absolute atomic E-state index is 12.6. The zero-order valence-corrected chi connectivity index (χ0v) is 23.4. The van der Waals surface area contributed by atoms with Crippen LogP contribution in [0.1, 0.15) is 33.4 Å². The number of benzene rings is 3. The normalized spacial score (nSPS) is 15.9. The van der Waals surface area contributed by atoms with Gasteiger partial charge in [0.2, 0.25) is 18.0 Å². The van der Waals surface area contributed by atoms with Crippen LogP contribution in [0.3, 0.4) is 0 Å². The average molecular weight is 577 g/mol. The van der Waals surface area contributed by atoms with Gasteiger partial charge in [0.15, 0.2) is 0 Å². The zero-order valence-electron chi connectivity index (χ0n) is 23.4. The number of nitrogens with zero attached hydrogens (tertiary/aromatic N) is 7. The van der Waals surface area contributed by atoms with Crippen LogP contribution >= 0.6 is 0 Å². The van der Waals surface area contributed by atoms with Gasteiger partial charge in [-0.15, -0.1) is 0 Å². The molecule has 0 atom stereocenters. The van der Waals surface area contributed by atoms with Gasteiger partial charge in [-0.3, -0.25) is 20.0 Å². The molecule has 0 unspecified atom stereocenters. The van der Waals surface area contributed by atoms with Gasteiger partial charge in [0.05, 0.1) is 32.7 Å². The predicted molar refractivity (Wildman–Crippen MR) is 157 cm³/mol. The van der Waals surface area contributed by atoms with Crippen LogP contribution in [0.4, 0.5) is 9.59 Å². The summed E-state index contributed by atoms with van der Waals surface area (Å²) >= 11 is 0. The standard InChI is InChI=1S/C31H28N8O4/c1-37-29(35-16-24-7-4-10-27(13-24)19-43-20-32)39(31(37)42)18-26-9-3-6-23(12-26)15-34-28-36-30(41)38(28)17-25-8-2-5-22(11-25)14-33-21-40/h2-13H,14-19H2,1H3,(H,34,36,41). The predicted octanol–water partition coefficient (Wildman–Crippen LogP) is 4.03. The summed E-state index contributed by atoms with van der Waals surface area (Å²) in [6.45, 7) is 1.85. The second-order valence-corrected chi connectivity index (χ2v) is 9.95. The van der Waals surface area contributed by atoms with Crippen molar-refractivity contribution in [3.8, 4) is 6.26 Å². The lowest BCUT2D eigenvalue weighted by Crippen LogP contribution is -2.62. The molecular weight excluding hydrogens is 548 g/mol. The van der Waals surface area contributed by atoms with Crippen molar-refractivity contribution in [2.24, 2.45) is 15.0 Å². The third-order valence-corrected chi connectivity index (χ3v) is 6.88. The lowest BCUT2D eigenvalue weighted by atomic mass is 10.1. The van der Waals surface area contributed by atoms with Gasteiger partial charge in [0.1, 0.15) is 6.61 Å². The molecule has 2 aliphatic heterocycles. The van der Waals surface area contributed by atoms with Crippen LogP contribution in [0, 0.1) is 11.5 Å². The fraction of sp³-hybridized carbons (Fsp3) is 0.226. The smallest absolute Gasteiger partial charge is 0.333 e. The molecule has 12 nitrogen and oxygen atoms in total. The molecule has 3 aromatic rings. The van der Waals surface area contributed by atoms with E-state index in [9.17, 15) is 14.4 Å². The number of carbonyl (C=O) groups is 2. The van der Waals surface area contributed by atoms with Crippen LogP contribution < -0.4 is 5.32 Å². The molecule has 43 heavy (non-hydrogen) atoms. The molecule has 2 aliphatic rings. The number of aliphatic imine (C=N–C) groups is 3. The fourth-order valence-corrected chi connectivity index (χ4v) is 4.77. The molecule has 2 fully saturated rings. The molecule has 1 N–H and O–H groups in total. The summed E-state index contributed by atoms with van der Waals surface area (Å²) in [5.74, 6) is 1.05. The molecule has 4 amide bonds. The molecular formula is C31H28N8O4. The maximum Gasteiger partial charge on any atom is 0.333 e. The Labute approximate surface area is 248 Å². The van der Waals surface area contributed by atoms with E-state index in [-0.39, 0.29) is 25.2 Å². The summed E-state index contributed by atoms with van der Waals surface area (Å²) in [6.07, 6.45) is 3.20. The molecule has 2 heterocycles. The van der Waals surface area contributed by atoms with E-state index >= 15 is 0 Å². The van der Waals surface area contributed by atoms with Crippen molar-refractivity contribution >= 4 is 30.1 Å². The molecule has 12 heteroatoms. The first kappa shape index (κ1) is 28.7. The third kappa shape index (κ3) is 6.93. The van der Waals surface area contributed by atoms with E-state index in [2.05, 4.69) is 20.3 Å². The molecule has 0 radical (unpaired) electrons. The Hall–Kier alpha value is -5.79. The van der Waals surface area contributed by atoms with Gasteiger partial charge in [-0.1, -0.05) is 72.8 Å². The highest BCUT2D eigenvalue weighted by atomic mass is 16.5. The number of isocyanates is 1. The van der Waals surface area contributed by atoms with Crippen LogP contribution in [-0.4, -0.2) is 51.8 Å². The number of ether oxygens (including phenoxy) is 1. The number of urea groups is 2.